The van der Waals surface area contributed by atoms with Crippen molar-refractivity contribution in [3.63, 3.8) is 0 Å². The first kappa shape index (κ1) is 17.2. The average Bonchev–Trinajstić information content (AvgIpc) is 2.89. The molecule has 0 radical (unpaired) electrons. The molecule has 1 fully saturated rings. The number of imide groups is 1. The molecular formula is C19H20N2O4. The predicted molar refractivity (Wildman–Crippen MR) is 88.9 cm³/mol. The summed E-state index contributed by atoms with van der Waals surface area (Å²) in [5.41, 5.74) is 0.890. The van der Waals surface area contributed by atoms with Crippen LogP contribution in [0.25, 0.3) is 0 Å². The molecule has 1 aromatic carbocycles. The van der Waals surface area contributed by atoms with Gasteiger partial charge in [-0.05, 0) is 37.5 Å². The van der Waals surface area contributed by atoms with E-state index in [1.165, 1.54) is 23.1 Å². The number of hydrogen-bond acceptors (Lipinski definition) is 5. The van der Waals surface area contributed by atoms with Crippen LogP contribution in [0.1, 0.15) is 76.0 Å². The molecule has 0 atom stereocenters. The van der Waals surface area contributed by atoms with Crippen LogP contribution in [0, 0.1) is 11.3 Å². The van der Waals surface area contributed by atoms with Gasteiger partial charge in [-0.3, -0.25) is 14.5 Å². The van der Waals surface area contributed by atoms with E-state index in [4.69, 9.17) is 10.00 Å². The van der Waals surface area contributed by atoms with Crippen LogP contribution in [0.3, 0.4) is 0 Å². The molecule has 130 valence electrons. The third-order valence-electron chi connectivity index (χ3n) is 4.76. The van der Waals surface area contributed by atoms with Gasteiger partial charge in [0.1, 0.15) is 0 Å². The maximum Gasteiger partial charge on any atom is 0.338 e. The van der Waals surface area contributed by atoms with Gasteiger partial charge in [0, 0.05) is 12.5 Å². The molecule has 0 N–H and O–H groups in total. The molecule has 0 aromatic heterocycles. The van der Waals surface area contributed by atoms with E-state index in [-0.39, 0.29) is 35.6 Å². The number of esters is 1. The lowest BCUT2D eigenvalue weighted by molar-refractivity contribution is 0.0500. The van der Waals surface area contributed by atoms with Gasteiger partial charge in [-0.2, -0.15) is 5.26 Å². The summed E-state index contributed by atoms with van der Waals surface area (Å²) in [6, 6.07) is 6.44. The standard InChI is InChI=1S/C19H20N2O4/c20-10-4-5-11-25-19(24)13-8-9-15-16(12-13)18(23)21(17(15)22)14-6-2-1-3-7-14/h8-9,12,14H,1-7,11H2. The summed E-state index contributed by atoms with van der Waals surface area (Å²) in [5.74, 6) is -1.12. The zero-order chi connectivity index (χ0) is 17.8. The van der Waals surface area contributed by atoms with Gasteiger partial charge in [0.05, 0.1) is 29.4 Å². The molecular weight excluding hydrogens is 320 g/mol. The van der Waals surface area contributed by atoms with Crippen LogP contribution in [0.2, 0.25) is 0 Å². The van der Waals surface area contributed by atoms with Crippen molar-refractivity contribution in [3.05, 3.63) is 34.9 Å². The van der Waals surface area contributed by atoms with Crippen molar-refractivity contribution in [2.75, 3.05) is 6.61 Å². The van der Waals surface area contributed by atoms with Crippen molar-refractivity contribution >= 4 is 17.8 Å². The van der Waals surface area contributed by atoms with E-state index < -0.39 is 5.97 Å². The predicted octanol–water partition coefficient (Wildman–Crippen LogP) is 3.08. The number of carbonyl (C=O) groups excluding carboxylic acids is 3. The van der Waals surface area contributed by atoms with Gasteiger partial charge in [-0.1, -0.05) is 19.3 Å². The Labute approximate surface area is 146 Å². The third kappa shape index (κ3) is 3.41. The minimum absolute atomic E-state index is 0.0393. The van der Waals surface area contributed by atoms with Crippen molar-refractivity contribution in [1.29, 1.82) is 5.26 Å². The molecule has 1 aromatic rings. The maximum atomic E-state index is 12.7. The normalized spacial score (nSPS) is 17.3. The Hall–Kier alpha value is -2.68. The molecule has 2 aliphatic rings. The van der Waals surface area contributed by atoms with Gasteiger partial charge in [0.25, 0.3) is 11.8 Å². The Morgan fingerprint density at radius 3 is 2.60 bits per heavy atom. The number of fused-ring (bicyclic) bond motifs is 1. The molecule has 1 aliphatic heterocycles. The Balaban J connectivity index is 1.75. The van der Waals surface area contributed by atoms with Crippen molar-refractivity contribution in [1.82, 2.24) is 4.90 Å². The summed E-state index contributed by atoms with van der Waals surface area (Å²) in [5, 5.41) is 8.48. The summed E-state index contributed by atoms with van der Waals surface area (Å²) in [4.78, 5) is 38.7. The van der Waals surface area contributed by atoms with Crippen molar-refractivity contribution < 1.29 is 19.1 Å². The molecule has 6 heteroatoms. The van der Waals surface area contributed by atoms with Gasteiger partial charge in [0.15, 0.2) is 0 Å². The van der Waals surface area contributed by atoms with Gasteiger partial charge in [-0.25, -0.2) is 4.79 Å². The lowest BCUT2D eigenvalue weighted by Crippen LogP contribution is -2.40. The highest BCUT2D eigenvalue weighted by molar-refractivity contribution is 6.22. The molecule has 0 bridgehead atoms. The molecule has 3 rings (SSSR count). The lowest BCUT2D eigenvalue weighted by Gasteiger charge is -2.29. The number of ether oxygens (including phenoxy) is 1. The molecule has 0 saturated heterocycles. The Kier molecular flexibility index (Phi) is 5.13. The van der Waals surface area contributed by atoms with Crippen LogP contribution in [-0.2, 0) is 4.74 Å². The molecule has 2 amide bonds. The number of carbonyl (C=O) groups is 3. The highest BCUT2D eigenvalue weighted by Crippen LogP contribution is 2.31. The summed E-state index contributed by atoms with van der Waals surface area (Å²) in [7, 11) is 0. The second-order valence-electron chi connectivity index (χ2n) is 6.43. The lowest BCUT2D eigenvalue weighted by atomic mass is 9.94. The monoisotopic (exact) mass is 340 g/mol. The first-order chi connectivity index (χ1) is 12.1. The molecule has 25 heavy (non-hydrogen) atoms. The highest BCUT2D eigenvalue weighted by Gasteiger charge is 2.40. The smallest absolute Gasteiger partial charge is 0.338 e. The maximum absolute atomic E-state index is 12.7. The molecule has 1 aliphatic carbocycles. The van der Waals surface area contributed by atoms with Gasteiger partial charge >= 0.3 is 5.97 Å². The number of unbranched alkanes of at least 4 members (excludes halogenated alkanes) is 1. The van der Waals surface area contributed by atoms with E-state index in [9.17, 15) is 14.4 Å². The van der Waals surface area contributed by atoms with E-state index in [2.05, 4.69) is 0 Å². The van der Waals surface area contributed by atoms with E-state index >= 15 is 0 Å². The van der Waals surface area contributed by atoms with Gasteiger partial charge in [-0.15, -0.1) is 0 Å². The fourth-order valence-corrected chi connectivity index (χ4v) is 3.46. The number of amides is 2. The van der Waals surface area contributed by atoms with Crippen molar-refractivity contribution in [3.8, 4) is 6.07 Å². The van der Waals surface area contributed by atoms with Crippen LogP contribution in [0.5, 0.6) is 0 Å². The summed E-state index contributed by atoms with van der Waals surface area (Å²) in [6.45, 7) is 0.157. The second kappa shape index (κ2) is 7.47. The number of nitriles is 1. The fourth-order valence-electron chi connectivity index (χ4n) is 3.46. The van der Waals surface area contributed by atoms with Crippen molar-refractivity contribution in [2.45, 2.75) is 51.0 Å². The van der Waals surface area contributed by atoms with Gasteiger partial charge < -0.3 is 4.74 Å². The number of benzene rings is 1. The van der Waals surface area contributed by atoms with E-state index in [0.717, 1.165) is 32.1 Å². The van der Waals surface area contributed by atoms with E-state index in [0.29, 0.717) is 18.4 Å². The minimum atomic E-state index is -0.544. The molecule has 1 saturated carbocycles. The topological polar surface area (TPSA) is 87.5 Å². The van der Waals surface area contributed by atoms with Crippen LogP contribution in [-0.4, -0.2) is 35.3 Å². The first-order valence-electron chi connectivity index (χ1n) is 8.69. The molecule has 0 unspecified atom stereocenters. The first-order valence-corrected chi connectivity index (χ1v) is 8.69. The van der Waals surface area contributed by atoms with Crippen LogP contribution in [0.15, 0.2) is 18.2 Å². The third-order valence-corrected chi connectivity index (χ3v) is 4.76. The summed E-state index contributed by atoms with van der Waals surface area (Å²) >= 11 is 0. The minimum Gasteiger partial charge on any atom is -0.462 e. The summed E-state index contributed by atoms with van der Waals surface area (Å²) in [6.07, 6.45) is 5.68. The number of rotatable bonds is 5. The molecule has 1 heterocycles. The van der Waals surface area contributed by atoms with Gasteiger partial charge in [0.2, 0.25) is 0 Å². The average molecular weight is 340 g/mol. The Bertz CT molecular complexity index is 744. The van der Waals surface area contributed by atoms with E-state index in [1.54, 1.807) is 0 Å². The van der Waals surface area contributed by atoms with Crippen LogP contribution in [0.4, 0.5) is 0 Å². The number of nitrogens with zero attached hydrogens (tertiary/aromatic N) is 2. The highest BCUT2D eigenvalue weighted by atomic mass is 16.5. The fraction of sp³-hybridized carbons (Fsp3) is 0.474. The zero-order valence-corrected chi connectivity index (χ0v) is 14.0. The quantitative estimate of drug-likeness (QED) is 0.467. The molecule has 6 nitrogen and oxygen atoms in total. The largest absolute Gasteiger partial charge is 0.462 e. The SMILES string of the molecule is N#CCCCOC(=O)c1ccc2c(c1)C(=O)N(C1CCCCC1)C2=O. The number of hydrogen-bond donors (Lipinski definition) is 0. The summed E-state index contributed by atoms with van der Waals surface area (Å²) < 4.78 is 5.10. The molecule has 0 spiro atoms. The zero-order valence-electron chi connectivity index (χ0n) is 14.0. The Morgan fingerprint density at radius 1 is 1.16 bits per heavy atom. The van der Waals surface area contributed by atoms with Crippen LogP contribution >= 0.6 is 0 Å². The second-order valence-corrected chi connectivity index (χ2v) is 6.43. The van der Waals surface area contributed by atoms with E-state index in [1.807, 2.05) is 6.07 Å². The Morgan fingerprint density at radius 2 is 1.88 bits per heavy atom. The van der Waals surface area contributed by atoms with Crippen LogP contribution < -0.4 is 0 Å². The van der Waals surface area contributed by atoms with Crippen molar-refractivity contribution in [2.24, 2.45) is 0 Å².